The molecular weight excluding hydrogens is 310 g/mol. The van der Waals surface area contributed by atoms with E-state index in [0.29, 0.717) is 30.1 Å². The van der Waals surface area contributed by atoms with E-state index in [2.05, 4.69) is 15.1 Å². The largest absolute Gasteiger partial charge is 0.470 e. The van der Waals surface area contributed by atoms with Gasteiger partial charge in [0, 0.05) is 18.9 Å². The highest BCUT2D eigenvalue weighted by atomic mass is 16.5. The Balaban J connectivity index is 1.73. The zero-order chi connectivity index (χ0) is 17.1. The van der Waals surface area contributed by atoms with Crippen LogP contribution < -0.4 is 4.74 Å². The minimum absolute atomic E-state index is 0.112. The molecule has 0 saturated carbocycles. The van der Waals surface area contributed by atoms with Crippen LogP contribution in [-0.4, -0.2) is 45.1 Å². The Morgan fingerprint density at radius 2 is 2.21 bits per heavy atom. The predicted octanol–water partition coefficient (Wildman–Crippen LogP) is 1.64. The Kier molecular flexibility index (Phi) is 4.42. The van der Waals surface area contributed by atoms with Crippen molar-refractivity contribution in [2.45, 2.75) is 32.8 Å². The van der Waals surface area contributed by atoms with E-state index in [1.807, 2.05) is 6.07 Å². The topological polar surface area (TPSA) is 105 Å². The smallest absolute Gasteiger partial charge is 0.259 e. The fourth-order valence-electron chi connectivity index (χ4n) is 2.81. The Bertz CT molecular complexity index is 776. The molecule has 1 atom stereocenters. The summed E-state index contributed by atoms with van der Waals surface area (Å²) in [5.41, 5.74) is 1.24. The van der Waals surface area contributed by atoms with Gasteiger partial charge in [-0.2, -0.15) is 5.26 Å². The molecule has 3 heterocycles. The fraction of sp³-hybridized carbons (Fsp3) is 0.438. The summed E-state index contributed by atoms with van der Waals surface area (Å²) in [6.07, 6.45) is 4.28. The number of ether oxygens (including phenoxy) is 1. The number of amides is 1. The van der Waals surface area contributed by atoms with Crippen LogP contribution in [-0.2, 0) is 0 Å². The maximum absolute atomic E-state index is 12.7. The van der Waals surface area contributed by atoms with Crippen molar-refractivity contribution in [2.75, 3.05) is 13.1 Å². The van der Waals surface area contributed by atoms with Gasteiger partial charge in [0.1, 0.15) is 23.5 Å². The molecule has 0 aromatic carbocycles. The molecule has 1 aliphatic rings. The van der Waals surface area contributed by atoms with Gasteiger partial charge < -0.3 is 14.2 Å². The summed E-state index contributed by atoms with van der Waals surface area (Å²) in [5.74, 6) is 0.608. The van der Waals surface area contributed by atoms with Crippen molar-refractivity contribution in [3.8, 4) is 11.9 Å². The quantitative estimate of drug-likeness (QED) is 0.843. The number of hydrogen-bond donors (Lipinski definition) is 0. The summed E-state index contributed by atoms with van der Waals surface area (Å²) < 4.78 is 10.9. The molecular formula is C16H17N5O3. The van der Waals surface area contributed by atoms with Crippen molar-refractivity contribution in [1.82, 2.24) is 20.0 Å². The lowest BCUT2D eigenvalue weighted by molar-refractivity contribution is 0.0524. The Hall–Kier alpha value is -2.95. The van der Waals surface area contributed by atoms with E-state index in [-0.39, 0.29) is 23.6 Å². The van der Waals surface area contributed by atoms with E-state index in [4.69, 9.17) is 14.5 Å². The maximum Gasteiger partial charge on any atom is 0.259 e. The van der Waals surface area contributed by atoms with Gasteiger partial charge >= 0.3 is 0 Å². The van der Waals surface area contributed by atoms with Gasteiger partial charge in [-0.3, -0.25) is 4.79 Å². The number of carbonyl (C=O) groups is 1. The average molecular weight is 327 g/mol. The molecule has 1 fully saturated rings. The molecule has 0 bridgehead atoms. The van der Waals surface area contributed by atoms with Gasteiger partial charge in [-0.25, -0.2) is 9.97 Å². The summed E-state index contributed by atoms with van der Waals surface area (Å²) in [6.45, 7) is 4.54. The van der Waals surface area contributed by atoms with Gasteiger partial charge in [-0.1, -0.05) is 5.16 Å². The summed E-state index contributed by atoms with van der Waals surface area (Å²) >= 11 is 0. The molecule has 8 heteroatoms. The second-order valence-corrected chi connectivity index (χ2v) is 5.65. The maximum atomic E-state index is 12.7. The van der Waals surface area contributed by atoms with Crippen LogP contribution >= 0.6 is 0 Å². The average Bonchev–Trinajstić information content (AvgIpc) is 2.93. The van der Waals surface area contributed by atoms with Crippen LogP contribution in [0, 0.1) is 25.2 Å². The minimum atomic E-state index is -0.230. The van der Waals surface area contributed by atoms with Crippen LogP contribution in [0.15, 0.2) is 16.9 Å². The summed E-state index contributed by atoms with van der Waals surface area (Å²) in [5, 5.41) is 12.9. The van der Waals surface area contributed by atoms with Gasteiger partial charge in [0.05, 0.1) is 12.2 Å². The van der Waals surface area contributed by atoms with Crippen LogP contribution in [0.1, 0.15) is 40.3 Å². The molecule has 124 valence electrons. The fourth-order valence-corrected chi connectivity index (χ4v) is 2.81. The minimum Gasteiger partial charge on any atom is -0.470 e. The molecule has 1 aliphatic heterocycles. The standard InChI is InChI=1S/C16H17N5O3/c1-10-14(11(2)24-20-10)16(22)21-7-3-4-12(9-21)23-15-13(8-17)18-5-6-19-15/h5-6,12H,3-4,7,9H2,1-2H3/t12-/m0/s1. The number of aryl methyl sites for hydroxylation is 2. The molecule has 0 radical (unpaired) electrons. The van der Waals surface area contributed by atoms with Crippen molar-refractivity contribution in [3.63, 3.8) is 0 Å². The monoisotopic (exact) mass is 327 g/mol. The first-order valence-corrected chi connectivity index (χ1v) is 7.70. The normalized spacial score (nSPS) is 17.4. The first-order chi connectivity index (χ1) is 11.6. The van der Waals surface area contributed by atoms with Crippen LogP contribution in [0.4, 0.5) is 0 Å². The van der Waals surface area contributed by atoms with Gasteiger partial charge in [0.2, 0.25) is 5.69 Å². The van der Waals surface area contributed by atoms with Crippen molar-refractivity contribution < 1.29 is 14.1 Å². The third-order valence-corrected chi connectivity index (χ3v) is 3.96. The molecule has 24 heavy (non-hydrogen) atoms. The number of piperidine rings is 1. The molecule has 2 aromatic heterocycles. The number of likely N-dealkylation sites (tertiary alicyclic amines) is 1. The number of nitrogens with zero attached hydrogens (tertiary/aromatic N) is 5. The lowest BCUT2D eigenvalue weighted by atomic mass is 10.1. The lowest BCUT2D eigenvalue weighted by Gasteiger charge is -2.32. The van der Waals surface area contributed by atoms with Gasteiger partial charge in [-0.05, 0) is 26.7 Å². The van der Waals surface area contributed by atoms with Crippen LogP contribution in [0.5, 0.6) is 5.88 Å². The van der Waals surface area contributed by atoms with Gasteiger partial charge in [0.15, 0.2) is 0 Å². The number of nitriles is 1. The number of carbonyl (C=O) groups excluding carboxylic acids is 1. The van der Waals surface area contributed by atoms with Gasteiger partial charge in [-0.15, -0.1) is 0 Å². The second kappa shape index (κ2) is 6.66. The number of rotatable bonds is 3. The van der Waals surface area contributed by atoms with Crippen molar-refractivity contribution >= 4 is 5.91 Å². The van der Waals surface area contributed by atoms with E-state index >= 15 is 0 Å². The van der Waals surface area contributed by atoms with Crippen molar-refractivity contribution in [3.05, 3.63) is 35.1 Å². The van der Waals surface area contributed by atoms with Gasteiger partial charge in [0.25, 0.3) is 11.8 Å². The zero-order valence-corrected chi connectivity index (χ0v) is 13.5. The highest BCUT2D eigenvalue weighted by molar-refractivity contribution is 5.96. The highest BCUT2D eigenvalue weighted by Gasteiger charge is 2.29. The van der Waals surface area contributed by atoms with Crippen LogP contribution in [0.25, 0.3) is 0 Å². The molecule has 8 nitrogen and oxygen atoms in total. The third kappa shape index (κ3) is 3.06. The highest BCUT2D eigenvalue weighted by Crippen LogP contribution is 2.22. The Labute approximate surface area is 139 Å². The van der Waals surface area contributed by atoms with E-state index in [1.165, 1.54) is 12.4 Å². The molecule has 0 unspecified atom stereocenters. The molecule has 1 saturated heterocycles. The van der Waals surface area contributed by atoms with Crippen LogP contribution in [0.3, 0.4) is 0 Å². The number of hydrogen-bond acceptors (Lipinski definition) is 7. The summed E-state index contributed by atoms with van der Waals surface area (Å²) in [4.78, 5) is 22.4. The molecule has 0 N–H and O–H groups in total. The molecule has 0 spiro atoms. The predicted molar refractivity (Wildman–Crippen MR) is 82.3 cm³/mol. The van der Waals surface area contributed by atoms with Crippen LogP contribution in [0.2, 0.25) is 0 Å². The zero-order valence-electron chi connectivity index (χ0n) is 13.5. The Morgan fingerprint density at radius 1 is 1.42 bits per heavy atom. The Morgan fingerprint density at radius 3 is 2.92 bits per heavy atom. The first-order valence-electron chi connectivity index (χ1n) is 7.70. The van der Waals surface area contributed by atoms with Crippen molar-refractivity contribution in [2.24, 2.45) is 0 Å². The van der Waals surface area contributed by atoms with Crippen molar-refractivity contribution in [1.29, 1.82) is 5.26 Å². The first kappa shape index (κ1) is 15.9. The van der Waals surface area contributed by atoms with E-state index < -0.39 is 0 Å². The molecule has 3 rings (SSSR count). The summed E-state index contributed by atoms with van der Waals surface area (Å²) in [7, 11) is 0. The molecule has 1 amide bonds. The summed E-state index contributed by atoms with van der Waals surface area (Å²) in [6, 6.07) is 1.96. The van der Waals surface area contributed by atoms with E-state index in [1.54, 1.807) is 18.7 Å². The molecule has 2 aromatic rings. The SMILES string of the molecule is Cc1noc(C)c1C(=O)N1CCC[C@H](Oc2nccnc2C#N)C1. The third-order valence-electron chi connectivity index (χ3n) is 3.96. The lowest BCUT2D eigenvalue weighted by Crippen LogP contribution is -2.44. The second-order valence-electron chi connectivity index (χ2n) is 5.65. The van der Waals surface area contributed by atoms with E-state index in [9.17, 15) is 4.79 Å². The number of aromatic nitrogens is 3. The molecule has 0 aliphatic carbocycles. The van der Waals surface area contributed by atoms with E-state index in [0.717, 1.165) is 12.8 Å².